The zero-order valence-electron chi connectivity index (χ0n) is 12.1. The monoisotopic (exact) mass is 309 g/mol. The first-order valence-electron chi connectivity index (χ1n) is 7.43. The van der Waals surface area contributed by atoms with Crippen molar-refractivity contribution < 1.29 is 14.3 Å². The molecule has 2 heterocycles. The summed E-state index contributed by atoms with van der Waals surface area (Å²) in [6, 6.07) is 7.11. The van der Waals surface area contributed by atoms with Crippen LogP contribution in [0.15, 0.2) is 24.3 Å². The van der Waals surface area contributed by atoms with Crippen molar-refractivity contribution in [2.45, 2.75) is 32.0 Å². The maximum atomic E-state index is 12.3. The summed E-state index contributed by atoms with van der Waals surface area (Å²) in [5.74, 6) is 1.14. The molecule has 1 amide bonds. The van der Waals surface area contributed by atoms with Gasteiger partial charge in [-0.1, -0.05) is 17.7 Å². The second-order valence-corrected chi connectivity index (χ2v) is 6.29. The van der Waals surface area contributed by atoms with E-state index in [0.717, 1.165) is 25.9 Å². The highest BCUT2D eigenvalue weighted by atomic mass is 35.5. The molecule has 21 heavy (non-hydrogen) atoms. The van der Waals surface area contributed by atoms with Gasteiger partial charge in [-0.3, -0.25) is 4.79 Å². The van der Waals surface area contributed by atoms with E-state index < -0.39 is 0 Å². The van der Waals surface area contributed by atoms with E-state index in [1.807, 2.05) is 11.0 Å². The molecule has 0 aliphatic carbocycles. The van der Waals surface area contributed by atoms with Crippen LogP contribution < -0.4 is 4.74 Å². The summed E-state index contributed by atoms with van der Waals surface area (Å²) >= 11 is 5.89. The second kappa shape index (κ2) is 6.24. The third-order valence-corrected chi connectivity index (χ3v) is 4.45. The molecule has 2 aliphatic rings. The molecular formula is C16H20ClNO3. The van der Waals surface area contributed by atoms with Gasteiger partial charge in [-0.15, -0.1) is 0 Å². The minimum absolute atomic E-state index is 0.0352. The number of piperidine rings is 1. The summed E-state index contributed by atoms with van der Waals surface area (Å²) < 4.78 is 11.4. The lowest BCUT2D eigenvalue weighted by molar-refractivity contribution is -0.136. The molecule has 1 aromatic carbocycles. The van der Waals surface area contributed by atoms with Gasteiger partial charge in [0.1, 0.15) is 5.75 Å². The van der Waals surface area contributed by atoms with E-state index in [9.17, 15) is 4.79 Å². The summed E-state index contributed by atoms with van der Waals surface area (Å²) in [6.45, 7) is 3.71. The number of fused-ring (bicyclic) bond motifs is 1. The zero-order valence-corrected chi connectivity index (χ0v) is 12.9. The molecular weight excluding hydrogens is 290 g/mol. The average Bonchev–Trinajstić information content (AvgIpc) is 2.84. The number of carbonyl (C=O) groups is 1. The first kappa shape index (κ1) is 14.7. The predicted octanol–water partition coefficient (Wildman–Crippen LogP) is 2.74. The Labute approximate surface area is 130 Å². The Balaban J connectivity index is 1.52. The first-order chi connectivity index (χ1) is 10.1. The summed E-state index contributed by atoms with van der Waals surface area (Å²) in [5.41, 5.74) is 0. The molecule has 2 fully saturated rings. The van der Waals surface area contributed by atoms with Crippen molar-refractivity contribution in [1.82, 2.24) is 4.90 Å². The Bertz CT molecular complexity index is 522. The smallest absolute Gasteiger partial charge is 0.260 e. The lowest BCUT2D eigenvalue weighted by atomic mass is 9.93. The van der Waals surface area contributed by atoms with Crippen LogP contribution in [-0.4, -0.2) is 42.7 Å². The quantitative estimate of drug-likeness (QED) is 0.862. The second-order valence-electron chi connectivity index (χ2n) is 5.86. The van der Waals surface area contributed by atoms with Gasteiger partial charge in [0.2, 0.25) is 0 Å². The fraction of sp³-hybridized carbons (Fsp3) is 0.562. The van der Waals surface area contributed by atoms with E-state index in [1.165, 1.54) is 0 Å². The van der Waals surface area contributed by atoms with Crippen molar-refractivity contribution in [3.05, 3.63) is 29.3 Å². The summed E-state index contributed by atoms with van der Waals surface area (Å²) in [7, 11) is 0. The summed E-state index contributed by atoms with van der Waals surface area (Å²) in [5, 5.41) is 0.609. The molecule has 3 atom stereocenters. The number of rotatable bonds is 3. The molecule has 4 nitrogen and oxygen atoms in total. The molecule has 0 aromatic heterocycles. The molecule has 0 spiro atoms. The minimum atomic E-state index is 0.0352. The minimum Gasteiger partial charge on any atom is -0.484 e. The van der Waals surface area contributed by atoms with Gasteiger partial charge in [-0.05, 0) is 38.0 Å². The van der Waals surface area contributed by atoms with Gasteiger partial charge in [0.25, 0.3) is 5.91 Å². The third-order valence-electron chi connectivity index (χ3n) is 4.22. The van der Waals surface area contributed by atoms with Crippen LogP contribution in [0.25, 0.3) is 0 Å². The molecule has 5 heteroatoms. The molecule has 0 radical (unpaired) electrons. The lowest BCUT2D eigenvalue weighted by Crippen LogP contribution is -2.46. The van der Waals surface area contributed by atoms with Crippen molar-refractivity contribution in [3.8, 4) is 5.75 Å². The number of nitrogens with zero attached hydrogens (tertiary/aromatic N) is 1. The van der Waals surface area contributed by atoms with Gasteiger partial charge in [-0.25, -0.2) is 0 Å². The maximum absolute atomic E-state index is 12.3. The molecule has 0 bridgehead atoms. The van der Waals surface area contributed by atoms with Crippen LogP contribution in [0, 0.1) is 5.92 Å². The van der Waals surface area contributed by atoms with Crippen molar-refractivity contribution in [2.75, 3.05) is 19.7 Å². The lowest BCUT2D eigenvalue weighted by Gasteiger charge is -2.34. The van der Waals surface area contributed by atoms with Gasteiger partial charge in [0.05, 0.1) is 12.2 Å². The molecule has 0 saturated carbocycles. The zero-order chi connectivity index (χ0) is 14.8. The van der Waals surface area contributed by atoms with Crippen molar-refractivity contribution in [3.63, 3.8) is 0 Å². The van der Waals surface area contributed by atoms with E-state index in [-0.39, 0.29) is 12.5 Å². The highest BCUT2D eigenvalue weighted by Crippen LogP contribution is 2.32. The van der Waals surface area contributed by atoms with Gasteiger partial charge >= 0.3 is 0 Å². The maximum Gasteiger partial charge on any atom is 0.260 e. The Morgan fingerprint density at radius 2 is 2.38 bits per heavy atom. The van der Waals surface area contributed by atoms with E-state index in [1.54, 1.807) is 18.2 Å². The molecule has 2 saturated heterocycles. The predicted molar refractivity (Wildman–Crippen MR) is 80.6 cm³/mol. The van der Waals surface area contributed by atoms with Crippen LogP contribution in [-0.2, 0) is 9.53 Å². The van der Waals surface area contributed by atoms with Crippen molar-refractivity contribution in [1.29, 1.82) is 0 Å². The van der Waals surface area contributed by atoms with E-state index in [0.29, 0.717) is 28.9 Å². The van der Waals surface area contributed by atoms with E-state index >= 15 is 0 Å². The number of hydrogen-bond acceptors (Lipinski definition) is 3. The number of likely N-dealkylation sites (tertiary alicyclic amines) is 1. The van der Waals surface area contributed by atoms with Gasteiger partial charge < -0.3 is 14.4 Å². The van der Waals surface area contributed by atoms with E-state index in [2.05, 4.69) is 6.92 Å². The summed E-state index contributed by atoms with van der Waals surface area (Å²) in [4.78, 5) is 14.1. The fourth-order valence-electron chi connectivity index (χ4n) is 3.22. The SMILES string of the molecule is C[C@H]1C[C@H]2CN(C(=O)COc3cccc(Cl)c3)CC[C@@H]2O1. The Morgan fingerprint density at radius 1 is 1.52 bits per heavy atom. The Morgan fingerprint density at radius 3 is 3.19 bits per heavy atom. The Hall–Kier alpha value is -1.26. The highest BCUT2D eigenvalue weighted by Gasteiger charge is 2.38. The van der Waals surface area contributed by atoms with Crippen LogP contribution in [0.1, 0.15) is 19.8 Å². The molecule has 3 rings (SSSR count). The third kappa shape index (κ3) is 3.50. The fourth-order valence-corrected chi connectivity index (χ4v) is 3.40. The molecule has 1 aromatic rings. The van der Waals surface area contributed by atoms with Crippen molar-refractivity contribution >= 4 is 17.5 Å². The van der Waals surface area contributed by atoms with Gasteiger partial charge in [0, 0.05) is 24.0 Å². The van der Waals surface area contributed by atoms with E-state index in [4.69, 9.17) is 21.1 Å². The normalized spacial score (nSPS) is 28.3. The number of ether oxygens (including phenoxy) is 2. The average molecular weight is 310 g/mol. The highest BCUT2D eigenvalue weighted by molar-refractivity contribution is 6.30. The van der Waals surface area contributed by atoms with Crippen molar-refractivity contribution in [2.24, 2.45) is 5.92 Å². The number of hydrogen-bond donors (Lipinski definition) is 0. The van der Waals surface area contributed by atoms with Crippen LogP contribution in [0.5, 0.6) is 5.75 Å². The van der Waals surface area contributed by atoms with Gasteiger partial charge in [0.15, 0.2) is 6.61 Å². The van der Waals surface area contributed by atoms with Crippen LogP contribution in [0.4, 0.5) is 0 Å². The molecule has 114 valence electrons. The van der Waals surface area contributed by atoms with Gasteiger partial charge in [-0.2, -0.15) is 0 Å². The van der Waals surface area contributed by atoms with Crippen LogP contribution in [0.3, 0.4) is 0 Å². The molecule has 0 unspecified atom stereocenters. The van der Waals surface area contributed by atoms with Crippen LogP contribution in [0.2, 0.25) is 5.02 Å². The number of carbonyl (C=O) groups excluding carboxylic acids is 1. The summed E-state index contributed by atoms with van der Waals surface area (Å²) in [6.07, 6.45) is 2.62. The number of benzene rings is 1. The van der Waals surface area contributed by atoms with Crippen LogP contribution >= 0.6 is 11.6 Å². The Kier molecular flexibility index (Phi) is 4.36. The first-order valence-corrected chi connectivity index (χ1v) is 7.81. The number of halogens is 1. The standard InChI is InChI=1S/C16H20ClNO3/c1-11-7-12-9-18(6-5-15(12)21-11)16(19)10-20-14-4-2-3-13(17)8-14/h2-4,8,11-12,15H,5-7,9-10H2,1H3/t11-,12-,15-/m0/s1. The largest absolute Gasteiger partial charge is 0.484 e. The number of amides is 1. The topological polar surface area (TPSA) is 38.8 Å². The molecule has 2 aliphatic heterocycles. The molecule has 0 N–H and O–H groups in total.